The van der Waals surface area contributed by atoms with Crippen LogP contribution >= 0.6 is 0 Å². The Labute approximate surface area is 124 Å². The van der Waals surface area contributed by atoms with Crippen molar-refractivity contribution in [3.05, 3.63) is 48.4 Å². The first-order chi connectivity index (χ1) is 10.1. The summed E-state index contributed by atoms with van der Waals surface area (Å²) in [7, 11) is 0. The number of nitrogens with one attached hydrogen (secondary N) is 1. The van der Waals surface area contributed by atoms with Crippen LogP contribution in [0.1, 0.15) is 19.1 Å². The van der Waals surface area contributed by atoms with Crippen LogP contribution < -0.4 is 15.8 Å². The molecule has 3 N–H and O–H groups in total. The molecule has 0 bridgehead atoms. The van der Waals surface area contributed by atoms with E-state index in [1.807, 2.05) is 31.2 Å². The minimum Gasteiger partial charge on any atom is -0.491 e. The fraction of sp³-hybridized carbons (Fsp3) is 0.312. The van der Waals surface area contributed by atoms with E-state index < -0.39 is 0 Å². The van der Waals surface area contributed by atoms with Crippen LogP contribution in [0.5, 0.6) is 5.75 Å². The lowest BCUT2D eigenvalue weighted by atomic mass is 10.2. The molecule has 1 heterocycles. The molecule has 2 rings (SSSR count). The van der Waals surface area contributed by atoms with Gasteiger partial charge < -0.3 is 20.2 Å². The van der Waals surface area contributed by atoms with Gasteiger partial charge in [0.15, 0.2) is 0 Å². The number of anilines is 1. The first-order valence-electron chi connectivity index (χ1n) is 6.94. The summed E-state index contributed by atoms with van der Waals surface area (Å²) >= 11 is 0. The summed E-state index contributed by atoms with van der Waals surface area (Å²) < 4.78 is 10.7. The molecule has 1 aromatic heterocycles. The molecule has 112 valence electrons. The van der Waals surface area contributed by atoms with Crippen molar-refractivity contribution >= 4 is 11.6 Å². The van der Waals surface area contributed by atoms with Crippen LogP contribution in [0.4, 0.5) is 5.69 Å². The number of hydrogen-bond acceptors (Lipinski definition) is 4. The van der Waals surface area contributed by atoms with Crippen LogP contribution in [0, 0.1) is 0 Å². The largest absolute Gasteiger partial charge is 0.491 e. The minimum atomic E-state index is -0.0523. The first-order valence-corrected chi connectivity index (χ1v) is 6.94. The van der Waals surface area contributed by atoms with E-state index in [0.29, 0.717) is 24.5 Å². The van der Waals surface area contributed by atoms with Gasteiger partial charge in [-0.25, -0.2) is 0 Å². The van der Waals surface area contributed by atoms with Crippen LogP contribution in [-0.2, 0) is 11.2 Å². The molecule has 2 aromatic rings. The van der Waals surface area contributed by atoms with Gasteiger partial charge in [0.2, 0.25) is 5.91 Å². The molecule has 0 saturated carbocycles. The van der Waals surface area contributed by atoms with E-state index in [-0.39, 0.29) is 18.4 Å². The summed E-state index contributed by atoms with van der Waals surface area (Å²) in [6, 6.07) is 11.0. The molecule has 0 aliphatic carbocycles. The zero-order chi connectivity index (χ0) is 15.1. The maximum absolute atomic E-state index is 11.8. The molecule has 0 aliphatic heterocycles. The highest BCUT2D eigenvalue weighted by atomic mass is 16.5. The lowest BCUT2D eigenvalue weighted by molar-refractivity contribution is -0.122. The monoisotopic (exact) mass is 288 g/mol. The highest BCUT2D eigenvalue weighted by Gasteiger charge is 2.10. The molecule has 1 amide bonds. The van der Waals surface area contributed by atoms with Gasteiger partial charge in [0, 0.05) is 12.5 Å². The second-order valence-electron chi connectivity index (χ2n) is 4.89. The summed E-state index contributed by atoms with van der Waals surface area (Å²) in [5.74, 6) is 1.41. The molecule has 0 fully saturated rings. The molecule has 0 aliphatic rings. The van der Waals surface area contributed by atoms with Crippen molar-refractivity contribution in [2.24, 2.45) is 0 Å². The SMILES string of the molecule is CC(Cc1ccco1)NC(=O)CCOc1ccccc1N. The Kier molecular flexibility index (Phi) is 5.26. The molecule has 0 saturated heterocycles. The molecule has 0 radical (unpaired) electrons. The molecule has 5 heteroatoms. The van der Waals surface area contributed by atoms with Gasteiger partial charge in [-0.1, -0.05) is 12.1 Å². The average Bonchev–Trinajstić information content (AvgIpc) is 2.93. The van der Waals surface area contributed by atoms with E-state index in [0.717, 1.165) is 5.76 Å². The van der Waals surface area contributed by atoms with Crippen LogP contribution in [0.25, 0.3) is 0 Å². The number of para-hydroxylation sites is 2. The summed E-state index contributed by atoms with van der Waals surface area (Å²) in [5, 5.41) is 2.91. The van der Waals surface area contributed by atoms with Gasteiger partial charge in [0.1, 0.15) is 11.5 Å². The van der Waals surface area contributed by atoms with E-state index in [2.05, 4.69) is 5.32 Å². The number of benzene rings is 1. The third-order valence-corrected chi connectivity index (χ3v) is 3.00. The number of hydrogen-bond donors (Lipinski definition) is 2. The third kappa shape index (κ3) is 4.87. The third-order valence-electron chi connectivity index (χ3n) is 3.00. The van der Waals surface area contributed by atoms with Crippen molar-refractivity contribution in [3.63, 3.8) is 0 Å². The molecule has 1 aromatic carbocycles. The van der Waals surface area contributed by atoms with Crippen molar-refractivity contribution in [2.75, 3.05) is 12.3 Å². The number of rotatable bonds is 7. The van der Waals surface area contributed by atoms with E-state index in [1.165, 1.54) is 0 Å². The molecule has 21 heavy (non-hydrogen) atoms. The average molecular weight is 288 g/mol. The number of nitrogens with two attached hydrogens (primary N) is 1. The second-order valence-corrected chi connectivity index (χ2v) is 4.89. The van der Waals surface area contributed by atoms with Crippen molar-refractivity contribution in [1.82, 2.24) is 5.32 Å². The zero-order valence-electron chi connectivity index (χ0n) is 12.0. The van der Waals surface area contributed by atoms with Crippen LogP contribution in [-0.4, -0.2) is 18.6 Å². The Morgan fingerprint density at radius 2 is 2.14 bits per heavy atom. The number of carbonyl (C=O) groups excluding carboxylic acids is 1. The topological polar surface area (TPSA) is 77.5 Å². The summed E-state index contributed by atoms with van der Waals surface area (Å²) in [6.45, 7) is 2.24. The van der Waals surface area contributed by atoms with Gasteiger partial charge in [-0.2, -0.15) is 0 Å². The standard InChI is InChI=1S/C16H20N2O3/c1-12(11-13-5-4-9-20-13)18-16(19)8-10-21-15-7-3-2-6-14(15)17/h2-7,9,12H,8,10-11,17H2,1H3,(H,18,19). The van der Waals surface area contributed by atoms with Gasteiger partial charge in [0.05, 0.1) is 25.0 Å². The smallest absolute Gasteiger partial charge is 0.223 e. The maximum atomic E-state index is 11.8. The number of ether oxygens (including phenoxy) is 1. The van der Waals surface area contributed by atoms with Crippen molar-refractivity contribution < 1.29 is 13.9 Å². The lowest BCUT2D eigenvalue weighted by Crippen LogP contribution is -2.34. The molecule has 0 spiro atoms. The highest BCUT2D eigenvalue weighted by Crippen LogP contribution is 2.19. The van der Waals surface area contributed by atoms with E-state index in [4.69, 9.17) is 14.9 Å². The summed E-state index contributed by atoms with van der Waals surface area (Å²) in [4.78, 5) is 11.8. The second kappa shape index (κ2) is 7.38. The lowest BCUT2D eigenvalue weighted by Gasteiger charge is -2.13. The number of furan rings is 1. The Morgan fingerprint density at radius 3 is 2.86 bits per heavy atom. The van der Waals surface area contributed by atoms with Crippen LogP contribution in [0.15, 0.2) is 47.1 Å². The Balaban J connectivity index is 1.69. The van der Waals surface area contributed by atoms with Crippen LogP contribution in [0.3, 0.4) is 0 Å². The Hall–Kier alpha value is -2.43. The number of nitrogen functional groups attached to an aromatic ring is 1. The van der Waals surface area contributed by atoms with E-state index in [1.54, 1.807) is 18.4 Å². The highest BCUT2D eigenvalue weighted by molar-refractivity contribution is 5.76. The van der Waals surface area contributed by atoms with E-state index in [9.17, 15) is 4.79 Å². The van der Waals surface area contributed by atoms with Crippen LogP contribution in [0.2, 0.25) is 0 Å². The number of amides is 1. The molecular weight excluding hydrogens is 268 g/mol. The fourth-order valence-corrected chi connectivity index (χ4v) is 1.99. The van der Waals surface area contributed by atoms with Crippen molar-refractivity contribution in [1.29, 1.82) is 0 Å². The zero-order valence-corrected chi connectivity index (χ0v) is 12.0. The molecule has 1 atom stereocenters. The van der Waals surface area contributed by atoms with Crippen molar-refractivity contribution in [3.8, 4) is 5.75 Å². The maximum Gasteiger partial charge on any atom is 0.223 e. The van der Waals surface area contributed by atoms with Gasteiger partial charge in [0.25, 0.3) is 0 Å². The number of carbonyl (C=O) groups is 1. The molecule has 1 unspecified atom stereocenters. The molecule has 5 nitrogen and oxygen atoms in total. The summed E-state index contributed by atoms with van der Waals surface area (Å²) in [6.07, 6.45) is 2.59. The molecular formula is C16H20N2O3. The quantitative estimate of drug-likeness (QED) is 0.767. The fourth-order valence-electron chi connectivity index (χ4n) is 1.99. The van der Waals surface area contributed by atoms with Gasteiger partial charge >= 0.3 is 0 Å². The normalized spacial score (nSPS) is 11.9. The Bertz CT molecular complexity index is 567. The Morgan fingerprint density at radius 1 is 1.33 bits per heavy atom. The predicted octanol–water partition coefficient (Wildman–Crippen LogP) is 2.38. The summed E-state index contributed by atoms with van der Waals surface area (Å²) in [5.41, 5.74) is 6.33. The minimum absolute atomic E-state index is 0.0189. The predicted molar refractivity (Wildman–Crippen MR) is 81.0 cm³/mol. The van der Waals surface area contributed by atoms with E-state index >= 15 is 0 Å². The van der Waals surface area contributed by atoms with Gasteiger partial charge in [-0.15, -0.1) is 0 Å². The van der Waals surface area contributed by atoms with Gasteiger partial charge in [-0.3, -0.25) is 4.79 Å². The van der Waals surface area contributed by atoms with Gasteiger partial charge in [-0.05, 0) is 31.2 Å². The van der Waals surface area contributed by atoms with Crippen molar-refractivity contribution in [2.45, 2.75) is 25.8 Å². The first kappa shape index (κ1) is 15.0.